The van der Waals surface area contributed by atoms with Gasteiger partial charge in [0, 0.05) is 17.4 Å². The molecule has 1 saturated carbocycles. The Labute approximate surface area is 139 Å². The quantitative estimate of drug-likeness (QED) is 0.787. The number of benzene rings is 1. The topological polar surface area (TPSA) is 76.2 Å². The van der Waals surface area contributed by atoms with E-state index in [4.69, 9.17) is 4.74 Å². The van der Waals surface area contributed by atoms with E-state index in [1.54, 1.807) is 6.07 Å². The van der Waals surface area contributed by atoms with Crippen LogP contribution in [0.5, 0.6) is 0 Å². The fourth-order valence-corrected chi connectivity index (χ4v) is 3.47. The van der Waals surface area contributed by atoms with Gasteiger partial charge >= 0.3 is 12.1 Å². The molecule has 2 fully saturated rings. The second kappa shape index (κ2) is 5.51. The zero-order valence-corrected chi connectivity index (χ0v) is 13.4. The molecule has 1 atom stereocenters. The van der Waals surface area contributed by atoms with Crippen LogP contribution in [0.1, 0.15) is 24.8 Å². The van der Waals surface area contributed by atoms with Crippen molar-refractivity contribution in [3.63, 3.8) is 0 Å². The molecular weight excluding hydrogens is 312 g/mol. The molecule has 1 aromatic carbocycles. The Kier molecular flexibility index (Phi) is 3.44. The maximum absolute atomic E-state index is 12.3. The highest BCUT2D eigenvalue weighted by atomic mass is 16.6. The number of hydrogen-bond acceptors (Lipinski definition) is 5. The third-order valence-corrected chi connectivity index (χ3v) is 4.96. The largest absolute Gasteiger partial charge is 0.466 e. The van der Waals surface area contributed by atoms with Crippen LogP contribution in [0.25, 0.3) is 0 Å². The van der Waals surface area contributed by atoms with Gasteiger partial charge in [-0.2, -0.15) is 0 Å². The molecule has 0 spiro atoms. The summed E-state index contributed by atoms with van der Waals surface area (Å²) in [4.78, 5) is 39.2. The highest BCUT2D eigenvalue weighted by Crippen LogP contribution is 2.39. The van der Waals surface area contributed by atoms with Crippen LogP contribution in [0, 0.1) is 0 Å². The summed E-state index contributed by atoms with van der Waals surface area (Å²) in [5.41, 5.74) is 2.48. The van der Waals surface area contributed by atoms with E-state index in [1.165, 1.54) is 12.0 Å². The lowest BCUT2D eigenvalue weighted by Gasteiger charge is -2.35. The molecular formula is C17H18N2O5. The molecule has 0 radical (unpaired) electrons. The molecule has 0 bridgehead atoms. The maximum Gasteiger partial charge on any atom is 0.415 e. The summed E-state index contributed by atoms with van der Waals surface area (Å²) < 4.78 is 9.66. The van der Waals surface area contributed by atoms with E-state index >= 15 is 0 Å². The number of amides is 2. The molecule has 24 heavy (non-hydrogen) atoms. The van der Waals surface area contributed by atoms with Crippen molar-refractivity contribution in [2.75, 3.05) is 23.5 Å². The Morgan fingerprint density at radius 1 is 1.29 bits per heavy atom. The standard InChI is InChI=1S/C17H18N2O5/c1-23-16(21)14-9-18(17(22)24-14)12-5-6-13-10(7-12)8-15(20)19(13)11-3-2-4-11/h5-7,11,14H,2-4,8-9H2,1H3. The highest BCUT2D eigenvalue weighted by Gasteiger charge is 2.39. The van der Waals surface area contributed by atoms with Gasteiger partial charge in [0.05, 0.1) is 20.1 Å². The van der Waals surface area contributed by atoms with Crippen molar-refractivity contribution in [1.82, 2.24) is 0 Å². The lowest BCUT2D eigenvalue weighted by Crippen LogP contribution is -2.42. The zero-order chi connectivity index (χ0) is 16.8. The van der Waals surface area contributed by atoms with Crippen LogP contribution < -0.4 is 9.80 Å². The van der Waals surface area contributed by atoms with E-state index in [0.29, 0.717) is 18.2 Å². The summed E-state index contributed by atoms with van der Waals surface area (Å²) in [6, 6.07) is 5.83. The van der Waals surface area contributed by atoms with Crippen LogP contribution in [0.4, 0.5) is 16.2 Å². The smallest absolute Gasteiger partial charge is 0.415 e. The molecule has 1 aliphatic carbocycles. The van der Waals surface area contributed by atoms with Gasteiger partial charge in [0.1, 0.15) is 0 Å². The van der Waals surface area contributed by atoms with Gasteiger partial charge in [-0.05, 0) is 43.0 Å². The SMILES string of the molecule is COC(=O)C1CN(c2ccc3c(c2)CC(=O)N3C2CCC2)C(=O)O1. The summed E-state index contributed by atoms with van der Waals surface area (Å²) in [5.74, 6) is -0.457. The minimum Gasteiger partial charge on any atom is -0.466 e. The number of anilines is 2. The maximum atomic E-state index is 12.3. The molecule has 3 aliphatic rings. The van der Waals surface area contributed by atoms with Crippen molar-refractivity contribution < 1.29 is 23.9 Å². The summed E-state index contributed by atoms with van der Waals surface area (Å²) in [6.07, 6.45) is 2.12. The monoisotopic (exact) mass is 330 g/mol. The zero-order valence-electron chi connectivity index (χ0n) is 13.4. The van der Waals surface area contributed by atoms with E-state index in [9.17, 15) is 14.4 Å². The first-order chi connectivity index (χ1) is 11.6. The second-order valence-corrected chi connectivity index (χ2v) is 6.34. The molecule has 0 N–H and O–H groups in total. The number of rotatable bonds is 3. The lowest BCUT2D eigenvalue weighted by molar-refractivity contribution is -0.148. The number of carbonyl (C=O) groups excluding carboxylic acids is 3. The Balaban J connectivity index is 1.58. The van der Waals surface area contributed by atoms with Crippen LogP contribution >= 0.6 is 0 Å². The number of methoxy groups -OCH3 is 1. The van der Waals surface area contributed by atoms with E-state index in [0.717, 1.165) is 30.5 Å². The summed E-state index contributed by atoms with van der Waals surface area (Å²) in [5, 5.41) is 0. The van der Waals surface area contributed by atoms with Gasteiger partial charge in [0.15, 0.2) is 0 Å². The minimum atomic E-state index is -0.913. The lowest BCUT2D eigenvalue weighted by atomic mass is 9.91. The van der Waals surface area contributed by atoms with E-state index in [1.807, 2.05) is 17.0 Å². The van der Waals surface area contributed by atoms with Gasteiger partial charge in [-0.25, -0.2) is 9.59 Å². The van der Waals surface area contributed by atoms with Gasteiger partial charge < -0.3 is 14.4 Å². The van der Waals surface area contributed by atoms with Crippen molar-refractivity contribution in [3.05, 3.63) is 23.8 Å². The summed E-state index contributed by atoms with van der Waals surface area (Å²) in [6.45, 7) is 0.116. The number of carbonyl (C=O) groups is 3. The fraction of sp³-hybridized carbons (Fsp3) is 0.471. The number of nitrogens with zero attached hydrogens (tertiary/aromatic N) is 2. The van der Waals surface area contributed by atoms with Crippen LogP contribution in [0.3, 0.4) is 0 Å². The normalized spacial score (nSPS) is 23.1. The molecule has 1 aromatic rings. The average Bonchev–Trinajstić information content (AvgIpc) is 3.05. The Bertz CT molecular complexity index is 728. The predicted octanol–water partition coefficient (Wildman–Crippen LogP) is 1.63. The number of cyclic esters (lactones) is 1. The first-order valence-electron chi connectivity index (χ1n) is 8.09. The van der Waals surface area contributed by atoms with Crippen molar-refractivity contribution in [1.29, 1.82) is 0 Å². The first kappa shape index (κ1) is 15.0. The Morgan fingerprint density at radius 2 is 2.08 bits per heavy atom. The van der Waals surface area contributed by atoms with Crippen molar-refractivity contribution in [2.45, 2.75) is 37.8 Å². The average molecular weight is 330 g/mol. The third kappa shape index (κ3) is 2.23. The molecule has 0 aromatic heterocycles. The molecule has 126 valence electrons. The van der Waals surface area contributed by atoms with Gasteiger partial charge in [-0.1, -0.05) is 0 Å². The van der Waals surface area contributed by atoms with Crippen molar-refractivity contribution in [3.8, 4) is 0 Å². The molecule has 2 amide bonds. The van der Waals surface area contributed by atoms with Gasteiger partial charge in [0.2, 0.25) is 12.0 Å². The van der Waals surface area contributed by atoms with Crippen molar-refractivity contribution >= 4 is 29.3 Å². The summed E-state index contributed by atoms with van der Waals surface area (Å²) >= 11 is 0. The van der Waals surface area contributed by atoms with Gasteiger partial charge in [-0.3, -0.25) is 9.69 Å². The first-order valence-corrected chi connectivity index (χ1v) is 8.09. The molecule has 7 heteroatoms. The molecule has 1 saturated heterocycles. The number of ether oxygens (including phenoxy) is 2. The van der Waals surface area contributed by atoms with Gasteiger partial charge in [-0.15, -0.1) is 0 Å². The minimum absolute atomic E-state index is 0.114. The summed E-state index contributed by atoms with van der Waals surface area (Å²) in [7, 11) is 1.26. The van der Waals surface area contributed by atoms with E-state index in [2.05, 4.69) is 4.74 Å². The van der Waals surface area contributed by atoms with Crippen LogP contribution in [0.15, 0.2) is 18.2 Å². The number of hydrogen-bond donors (Lipinski definition) is 0. The molecule has 4 rings (SSSR count). The highest BCUT2D eigenvalue weighted by molar-refractivity contribution is 6.03. The van der Waals surface area contributed by atoms with Crippen molar-refractivity contribution in [2.24, 2.45) is 0 Å². The molecule has 7 nitrogen and oxygen atoms in total. The molecule has 1 unspecified atom stereocenters. The molecule has 2 heterocycles. The fourth-order valence-electron chi connectivity index (χ4n) is 3.47. The molecule has 2 aliphatic heterocycles. The van der Waals surface area contributed by atoms with Crippen LogP contribution in [-0.2, 0) is 25.5 Å². The predicted molar refractivity (Wildman–Crippen MR) is 84.9 cm³/mol. The van der Waals surface area contributed by atoms with E-state index in [-0.39, 0.29) is 12.5 Å². The van der Waals surface area contributed by atoms with Crippen LogP contribution in [-0.4, -0.2) is 43.8 Å². The number of esters is 1. The van der Waals surface area contributed by atoms with Gasteiger partial charge in [0.25, 0.3) is 0 Å². The van der Waals surface area contributed by atoms with E-state index < -0.39 is 18.2 Å². The van der Waals surface area contributed by atoms with Crippen LogP contribution in [0.2, 0.25) is 0 Å². The third-order valence-electron chi connectivity index (χ3n) is 4.96. The Morgan fingerprint density at radius 3 is 2.75 bits per heavy atom. The second-order valence-electron chi connectivity index (χ2n) is 6.34. The number of fused-ring (bicyclic) bond motifs is 1. The Hall–Kier alpha value is -2.57.